The minimum absolute atomic E-state index is 0.228. The monoisotopic (exact) mass is 430 g/mol. The number of amides is 1. The molecular formula is C22H30N4O3S. The molecule has 1 amide bonds. The van der Waals surface area contributed by atoms with Gasteiger partial charge in [0.15, 0.2) is 0 Å². The van der Waals surface area contributed by atoms with Crippen molar-refractivity contribution >= 4 is 17.2 Å². The van der Waals surface area contributed by atoms with Crippen LogP contribution < -0.4 is 4.74 Å². The van der Waals surface area contributed by atoms with Gasteiger partial charge in [-0.1, -0.05) is 0 Å². The molecule has 2 fully saturated rings. The van der Waals surface area contributed by atoms with Crippen LogP contribution in [-0.4, -0.2) is 91.2 Å². The fourth-order valence-corrected chi connectivity index (χ4v) is 4.63. The Hall–Kier alpha value is -2.00. The minimum atomic E-state index is 0.228. The van der Waals surface area contributed by atoms with Gasteiger partial charge in [-0.3, -0.25) is 14.6 Å². The van der Waals surface area contributed by atoms with Crippen molar-refractivity contribution in [2.24, 2.45) is 0 Å². The van der Waals surface area contributed by atoms with E-state index in [4.69, 9.17) is 14.5 Å². The third-order valence-corrected chi connectivity index (χ3v) is 6.48. The number of carbonyl (C=O) groups is 1. The molecule has 0 saturated carbocycles. The molecule has 2 aliphatic heterocycles. The first-order chi connectivity index (χ1) is 14.7. The van der Waals surface area contributed by atoms with Gasteiger partial charge in [0.2, 0.25) is 5.91 Å². The maximum absolute atomic E-state index is 12.4. The highest BCUT2D eigenvalue weighted by atomic mass is 32.1. The molecule has 2 aliphatic rings. The van der Waals surface area contributed by atoms with Gasteiger partial charge in [-0.05, 0) is 31.2 Å². The van der Waals surface area contributed by atoms with Crippen LogP contribution in [0.2, 0.25) is 0 Å². The number of thiazole rings is 1. The third-order valence-electron chi connectivity index (χ3n) is 5.54. The fourth-order valence-electron chi connectivity index (χ4n) is 3.81. The van der Waals surface area contributed by atoms with E-state index in [1.165, 1.54) is 0 Å². The molecular weight excluding hydrogens is 400 g/mol. The highest BCUT2D eigenvalue weighted by molar-refractivity contribution is 7.13. The van der Waals surface area contributed by atoms with E-state index >= 15 is 0 Å². The highest BCUT2D eigenvalue weighted by Crippen LogP contribution is 2.26. The SMILES string of the molecule is CCOc1ccc(-c2nc(CN3CCN(CC(=O)N4CCOCC4)CC3)cs2)cc1. The summed E-state index contributed by atoms with van der Waals surface area (Å²) in [5, 5.41) is 3.20. The first-order valence-corrected chi connectivity index (χ1v) is 11.6. The standard InChI is InChI=1S/C22H30N4O3S/c1-2-29-20-5-3-18(4-6-20)22-23-19(17-30-22)15-24-7-9-25(10-8-24)16-21(27)26-11-13-28-14-12-26/h3-6,17H,2,7-16H2,1H3. The molecule has 0 N–H and O–H groups in total. The molecule has 0 atom stereocenters. The maximum atomic E-state index is 12.4. The van der Waals surface area contributed by atoms with Gasteiger partial charge in [-0.2, -0.15) is 0 Å². The van der Waals surface area contributed by atoms with Gasteiger partial charge in [-0.15, -0.1) is 11.3 Å². The second-order valence-electron chi connectivity index (χ2n) is 7.65. The Bertz CT molecular complexity index is 812. The van der Waals surface area contributed by atoms with Crippen LogP contribution in [0.4, 0.5) is 0 Å². The Labute approximate surface area is 182 Å². The highest BCUT2D eigenvalue weighted by Gasteiger charge is 2.23. The number of hydrogen-bond donors (Lipinski definition) is 0. The van der Waals surface area contributed by atoms with Crippen molar-refractivity contribution in [2.75, 3.05) is 65.6 Å². The number of hydrogen-bond acceptors (Lipinski definition) is 7. The summed E-state index contributed by atoms with van der Waals surface area (Å²) in [7, 11) is 0. The summed E-state index contributed by atoms with van der Waals surface area (Å²) in [6.45, 7) is 10.6. The van der Waals surface area contributed by atoms with E-state index in [1.54, 1.807) is 11.3 Å². The van der Waals surface area contributed by atoms with Gasteiger partial charge in [0.05, 0.1) is 32.1 Å². The average molecular weight is 431 g/mol. The number of rotatable bonds is 7. The molecule has 30 heavy (non-hydrogen) atoms. The summed E-state index contributed by atoms with van der Waals surface area (Å²) < 4.78 is 10.8. The summed E-state index contributed by atoms with van der Waals surface area (Å²) in [4.78, 5) is 23.9. The molecule has 1 aromatic carbocycles. The molecule has 3 heterocycles. The summed E-state index contributed by atoms with van der Waals surface area (Å²) in [5.41, 5.74) is 2.24. The van der Waals surface area contributed by atoms with Crippen LogP contribution in [0.5, 0.6) is 5.75 Å². The van der Waals surface area contributed by atoms with Gasteiger partial charge in [-0.25, -0.2) is 4.98 Å². The molecule has 1 aromatic heterocycles. The molecule has 0 aliphatic carbocycles. The van der Waals surface area contributed by atoms with Crippen LogP contribution in [-0.2, 0) is 16.1 Å². The van der Waals surface area contributed by atoms with Crippen LogP contribution in [0.15, 0.2) is 29.6 Å². The largest absolute Gasteiger partial charge is 0.494 e. The maximum Gasteiger partial charge on any atom is 0.236 e. The number of ether oxygens (including phenoxy) is 2. The average Bonchev–Trinajstić information content (AvgIpc) is 3.25. The van der Waals surface area contributed by atoms with Gasteiger partial charge in [0, 0.05) is 56.8 Å². The van der Waals surface area contributed by atoms with Gasteiger partial charge in [0.1, 0.15) is 10.8 Å². The van der Waals surface area contributed by atoms with Gasteiger partial charge < -0.3 is 14.4 Å². The van der Waals surface area contributed by atoms with Crippen molar-refractivity contribution in [1.82, 2.24) is 19.7 Å². The van der Waals surface area contributed by atoms with Gasteiger partial charge in [0.25, 0.3) is 0 Å². The molecule has 0 bridgehead atoms. The Morgan fingerprint density at radius 2 is 1.77 bits per heavy atom. The Morgan fingerprint density at radius 1 is 1.07 bits per heavy atom. The molecule has 0 radical (unpaired) electrons. The lowest BCUT2D eigenvalue weighted by atomic mass is 10.2. The number of benzene rings is 1. The number of piperazine rings is 1. The van der Waals surface area contributed by atoms with Crippen molar-refractivity contribution in [1.29, 1.82) is 0 Å². The normalized spacial score (nSPS) is 18.5. The zero-order valence-corrected chi connectivity index (χ0v) is 18.4. The second-order valence-corrected chi connectivity index (χ2v) is 8.50. The van der Waals surface area contributed by atoms with E-state index in [0.717, 1.165) is 67.8 Å². The van der Waals surface area contributed by atoms with Crippen molar-refractivity contribution in [3.8, 4) is 16.3 Å². The molecule has 0 unspecified atom stereocenters. The van der Waals surface area contributed by atoms with E-state index in [1.807, 2.05) is 24.0 Å². The third kappa shape index (κ3) is 5.57. The fraction of sp³-hybridized carbons (Fsp3) is 0.545. The number of morpholine rings is 1. The topological polar surface area (TPSA) is 58.1 Å². The van der Waals surface area contributed by atoms with E-state index < -0.39 is 0 Å². The van der Waals surface area contributed by atoms with Crippen molar-refractivity contribution < 1.29 is 14.3 Å². The lowest BCUT2D eigenvalue weighted by molar-refractivity contribution is -0.136. The van der Waals surface area contributed by atoms with E-state index in [-0.39, 0.29) is 5.91 Å². The number of aromatic nitrogens is 1. The van der Waals surface area contributed by atoms with E-state index in [2.05, 4.69) is 27.3 Å². The predicted molar refractivity (Wildman–Crippen MR) is 118 cm³/mol. The second kappa shape index (κ2) is 10.3. The summed E-state index contributed by atoms with van der Waals surface area (Å²) >= 11 is 1.69. The quantitative estimate of drug-likeness (QED) is 0.671. The van der Waals surface area contributed by atoms with E-state index in [0.29, 0.717) is 26.4 Å². The van der Waals surface area contributed by atoms with Crippen LogP contribution >= 0.6 is 11.3 Å². The van der Waals surface area contributed by atoms with Crippen LogP contribution in [0.25, 0.3) is 10.6 Å². The van der Waals surface area contributed by atoms with Gasteiger partial charge >= 0.3 is 0 Å². The Morgan fingerprint density at radius 3 is 2.47 bits per heavy atom. The van der Waals surface area contributed by atoms with E-state index in [9.17, 15) is 4.79 Å². The molecule has 2 saturated heterocycles. The molecule has 2 aromatic rings. The number of carbonyl (C=O) groups excluding carboxylic acids is 1. The lowest BCUT2D eigenvalue weighted by Gasteiger charge is -2.35. The van der Waals surface area contributed by atoms with Crippen LogP contribution in [0.3, 0.4) is 0 Å². The van der Waals surface area contributed by atoms with Crippen molar-refractivity contribution in [2.45, 2.75) is 13.5 Å². The zero-order valence-electron chi connectivity index (χ0n) is 17.6. The summed E-state index contributed by atoms with van der Waals surface area (Å²) in [6, 6.07) is 8.13. The summed E-state index contributed by atoms with van der Waals surface area (Å²) in [5.74, 6) is 1.12. The predicted octanol–water partition coefficient (Wildman–Crippen LogP) is 2.19. The zero-order chi connectivity index (χ0) is 20.8. The minimum Gasteiger partial charge on any atom is -0.494 e. The molecule has 162 valence electrons. The summed E-state index contributed by atoms with van der Waals surface area (Å²) in [6.07, 6.45) is 0. The smallest absolute Gasteiger partial charge is 0.236 e. The Balaban J connectivity index is 1.24. The first-order valence-electron chi connectivity index (χ1n) is 10.7. The number of nitrogens with zero attached hydrogens (tertiary/aromatic N) is 4. The van der Waals surface area contributed by atoms with Crippen LogP contribution in [0.1, 0.15) is 12.6 Å². The Kier molecular flexibility index (Phi) is 7.33. The molecule has 4 rings (SSSR count). The lowest BCUT2D eigenvalue weighted by Crippen LogP contribution is -2.51. The molecule has 0 spiro atoms. The molecule has 7 nitrogen and oxygen atoms in total. The van der Waals surface area contributed by atoms with Crippen molar-refractivity contribution in [3.63, 3.8) is 0 Å². The first kappa shape index (κ1) is 21.2. The van der Waals surface area contributed by atoms with Crippen molar-refractivity contribution in [3.05, 3.63) is 35.3 Å². The molecule has 8 heteroatoms. The van der Waals surface area contributed by atoms with Crippen LogP contribution in [0, 0.1) is 0 Å².